The topological polar surface area (TPSA) is 50.4 Å². The van der Waals surface area contributed by atoms with Crippen LogP contribution in [0.3, 0.4) is 0 Å². The quantitative estimate of drug-likeness (QED) is 0.457. The fourth-order valence-electron chi connectivity index (χ4n) is 2.95. The van der Waals surface area contributed by atoms with Gasteiger partial charge in [0.05, 0.1) is 0 Å². The van der Waals surface area contributed by atoms with Crippen molar-refractivity contribution in [3.63, 3.8) is 0 Å². The Morgan fingerprint density at radius 1 is 1.22 bits per heavy atom. The van der Waals surface area contributed by atoms with Gasteiger partial charge in [-0.2, -0.15) is 0 Å². The molecule has 0 aromatic carbocycles. The number of nitrogens with two attached hydrogens (primary N) is 1. The number of allylic oxidation sites excluding steroid dienone is 1. The molecule has 2 aliphatic carbocycles. The lowest BCUT2D eigenvalue weighted by Crippen LogP contribution is -2.38. The van der Waals surface area contributed by atoms with Crippen LogP contribution in [0.15, 0.2) is 16.6 Å². The molecule has 0 amide bonds. The maximum absolute atomic E-state index is 5.92. The number of hydrogen-bond acceptors (Lipinski definition) is 1. The number of nitrogens with zero attached hydrogens (tertiary/aromatic N) is 1. The summed E-state index contributed by atoms with van der Waals surface area (Å²) in [7, 11) is 0. The molecule has 0 aliphatic heterocycles. The molecular formula is C15H27N3. The van der Waals surface area contributed by atoms with Gasteiger partial charge in [0.1, 0.15) is 0 Å². The van der Waals surface area contributed by atoms with Crippen molar-refractivity contribution in [1.29, 1.82) is 0 Å². The molecule has 18 heavy (non-hydrogen) atoms. The largest absolute Gasteiger partial charge is 0.370 e. The predicted molar refractivity (Wildman–Crippen MR) is 77.7 cm³/mol. The van der Waals surface area contributed by atoms with Gasteiger partial charge in [-0.15, -0.1) is 0 Å². The van der Waals surface area contributed by atoms with E-state index in [-0.39, 0.29) is 0 Å². The van der Waals surface area contributed by atoms with Crippen molar-refractivity contribution in [2.75, 3.05) is 6.54 Å². The average Bonchev–Trinajstić information content (AvgIpc) is 2.72. The highest BCUT2D eigenvalue weighted by molar-refractivity contribution is 5.78. The summed E-state index contributed by atoms with van der Waals surface area (Å²) < 4.78 is 0. The molecule has 0 bridgehead atoms. The van der Waals surface area contributed by atoms with Crippen molar-refractivity contribution >= 4 is 5.96 Å². The standard InChI is InChI=1S/C15H27N3/c16-15(18-14-9-5-6-10-14)17-12-11-13-7-3-1-2-4-8-13/h7,14H,1-6,8-12H2,(H3,16,17,18). The van der Waals surface area contributed by atoms with Gasteiger partial charge < -0.3 is 11.1 Å². The Morgan fingerprint density at radius 2 is 2.06 bits per heavy atom. The van der Waals surface area contributed by atoms with Crippen LogP contribution < -0.4 is 11.1 Å². The zero-order valence-corrected chi connectivity index (χ0v) is 11.5. The molecule has 3 N–H and O–H groups in total. The Kier molecular flexibility index (Phi) is 5.56. The van der Waals surface area contributed by atoms with Crippen LogP contribution in [0.25, 0.3) is 0 Å². The molecule has 0 spiro atoms. The molecular weight excluding hydrogens is 222 g/mol. The predicted octanol–water partition coefficient (Wildman–Crippen LogP) is 3.11. The van der Waals surface area contributed by atoms with Gasteiger partial charge in [0.2, 0.25) is 0 Å². The first kappa shape index (κ1) is 13.4. The van der Waals surface area contributed by atoms with E-state index in [4.69, 9.17) is 5.73 Å². The van der Waals surface area contributed by atoms with Gasteiger partial charge in [-0.05, 0) is 44.9 Å². The van der Waals surface area contributed by atoms with Crippen molar-refractivity contribution in [2.45, 2.75) is 70.3 Å². The number of hydrogen-bond donors (Lipinski definition) is 2. The fourth-order valence-corrected chi connectivity index (χ4v) is 2.95. The lowest BCUT2D eigenvalue weighted by Gasteiger charge is -2.12. The molecule has 0 atom stereocenters. The first-order valence-electron chi connectivity index (χ1n) is 7.59. The molecule has 0 aromatic rings. The van der Waals surface area contributed by atoms with Gasteiger partial charge in [-0.25, -0.2) is 0 Å². The second-order valence-corrected chi connectivity index (χ2v) is 5.60. The average molecular weight is 249 g/mol. The SMILES string of the molecule is NC(=NCCC1=CCCCCC1)NC1CCCC1. The van der Waals surface area contributed by atoms with Gasteiger partial charge in [0, 0.05) is 12.6 Å². The van der Waals surface area contributed by atoms with E-state index in [1.165, 1.54) is 57.8 Å². The Morgan fingerprint density at radius 3 is 2.89 bits per heavy atom. The molecule has 0 saturated heterocycles. The van der Waals surface area contributed by atoms with Crippen molar-refractivity contribution < 1.29 is 0 Å². The molecule has 3 heteroatoms. The number of rotatable bonds is 4. The van der Waals surface area contributed by atoms with E-state index in [0.717, 1.165) is 13.0 Å². The summed E-state index contributed by atoms with van der Waals surface area (Å²) in [6, 6.07) is 0.575. The van der Waals surface area contributed by atoms with Crippen molar-refractivity contribution in [1.82, 2.24) is 5.32 Å². The molecule has 1 fully saturated rings. The molecule has 0 unspecified atom stereocenters. The van der Waals surface area contributed by atoms with E-state index in [0.29, 0.717) is 12.0 Å². The van der Waals surface area contributed by atoms with Crippen LogP contribution in [-0.2, 0) is 0 Å². The minimum Gasteiger partial charge on any atom is -0.370 e. The Balaban J connectivity index is 1.67. The first-order valence-corrected chi connectivity index (χ1v) is 7.59. The highest BCUT2D eigenvalue weighted by Gasteiger charge is 2.14. The second-order valence-electron chi connectivity index (χ2n) is 5.60. The summed E-state index contributed by atoms with van der Waals surface area (Å²) in [5.41, 5.74) is 7.51. The highest BCUT2D eigenvalue weighted by atomic mass is 15.1. The summed E-state index contributed by atoms with van der Waals surface area (Å²) in [6.07, 6.45) is 15.3. The zero-order chi connectivity index (χ0) is 12.6. The molecule has 0 radical (unpaired) electrons. The van der Waals surface area contributed by atoms with Crippen molar-refractivity contribution in [3.8, 4) is 0 Å². The zero-order valence-electron chi connectivity index (χ0n) is 11.5. The highest BCUT2D eigenvalue weighted by Crippen LogP contribution is 2.19. The van der Waals surface area contributed by atoms with Crippen LogP contribution in [0.4, 0.5) is 0 Å². The summed E-state index contributed by atoms with van der Waals surface area (Å²) in [5.74, 6) is 0.649. The van der Waals surface area contributed by atoms with E-state index in [9.17, 15) is 0 Å². The summed E-state index contributed by atoms with van der Waals surface area (Å²) in [5, 5.41) is 3.34. The third-order valence-electron chi connectivity index (χ3n) is 4.06. The lowest BCUT2D eigenvalue weighted by atomic mass is 10.1. The maximum Gasteiger partial charge on any atom is 0.188 e. The monoisotopic (exact) mass is 249 g/mol. The van der Waals surface area contributed by atoms with Crippen LogP contribution in [0, 0.1) is 0 Å². The van der Waals surface area contributed by atoms with E-state index in [1.807, 2.05) is 0 Å². The third kappa shape index (κ3) is 4.71. The molecule has 0 aromatic heterocycles. The summed E-state index contributed by atoms with van der Waals surface area (Å²) >= 11 is 0. The van der Waals surface area contributed by atoms with Crippen molar-refractivity contribution in [2.24, 2.45) is 10.7 Å². The van der Waals surface area contributed by atoms with Crippen molar-refractivity contribution in [3.05, 3.63) is 11.6 Å². The molecule has 0 heterocycles. The molecule has 3 nitrogen and oxygen atoms in total. The van der Waals surface area contributed by atoms with Crippen LogP contribution in [0.2, 0.25) is 0 Å². The van der Waals surface area contributed by atoms with Gasteiger partial charge in [0.25, 0.3) is 0 Å². The molecule has 102 valence electrons. The van der Waals surface area contributed by atoms with Gasteiger partial charge >= 0.3 is 0 Å². The minimum atomic E-state index is 0.575. The Labute approximate surface area is 111 Å². The molecule has 2 rings (SSSR count). The Hall–Kier alpha value is -0.990. The first-order chi connectivity index (χ1) is 8.84. The van der Waals surface area contributed by atoms with Crippen LogP contribution in [-0.4, -0.2) is 18.5 Å². The number of nitrogens with one attached hydrogen (secondary N) is 1. The smallest absolute Gasteiger partial charge is 0.188 e. The van der Waals surface area contributed by atoms with Crippen LogP contribution >= 0.6 is 0 Å². The fraction of sp³-hybridized carbons (Fsp3) is 0.800. The van der Waals surface area contributed by atoms with Crippen LogP contribution in [0.5, 0.6) is 0 Å². The summed E-state index contributed by atoms with van der Waals surface area (Å²) in [4.78, 5) is 4.45. The van der Waals surface area contributed by atoms with E-state index in [2.05, 4.69) is 16.4 Å². The molecule has 1 saturated carbocycles. The maximum atomic E-state index is 5.92. The number of guanidine groups is 1. The van der Waals surface area contributed by atoms with E-state index < -0.39 is 0 Å². The minimum absolute atomic E-state index is 0.575. The molecule has 2 aliphatic rings. The van der Waals surface area contributed by atoms with Gasteiger partial charge in [-0.1, -0.05) is 30.9 Å². The van der Waals surface area contributed by atoms with E-state index >= 15 is 0 Å². The van der Waals surface area contributed by atoms with Crippen LogP contribution in [0.1, 0.15) is 64.2 Å². The number of aliphatic imine (C=N–C) groups is 1. The summed E-state index contributed by atoms with van der Waals surface area (Å²) in [6.45, 7) is 0.845. The lowest BCUT2D eigenvalue weighted by molar-refractivity contribution is 0.625. The van der Waals surface area contributed by atoms with E-state index in [1.54, 1.807) is 5.57 Å². The van der Waals surface area contributed by atoms with Gasteiger partial charge in [0.15, 0.2) is 5.96 Å². The third-order valence-corrected chi connectivity index (χ3v) is 4.06. The Bertz CT molecular complexity index is 301. The van der Waals surface area contributed by atoms with Gasteiger partial charge in [-0.3, -0.25) is 4.99 Å². The normalized spacial score (nSPS) is 22.7. The second kappa shape index (κ2) is 7.45.